The van der Waals surface area contributed by atoms with E-state index in [1.54, 1.807) is 0 Å². The average molecular weight is 196 g/mol. The Morgan fingerprint density at radius 1 is 1.43 bits per heavy atom. The molecule has 0 aliphatic carbocycles. The third-order valence-electron chi connectivity index (χ3n) is 2.85. The van der Waals surface area contributed by atoms with Crippen molar-refractivity contribution in [1.29, 1.82) is 5.26 Å². The number of nitriles is 1. The van der Waals surface area contributed by atoms with Gasteiger partial charge in [0.1, 0.15) is 6.04 Å². The van der Waals surface area contributed by atoms with Crippen LogP contribution in [0.5, 0.6) is 0 Å². The molecule has 0 aromatic rings. The number of hydrogen-bond acceptors (Lipinski definition) is 4. The second-order valence-corrected chi connectivity index (χ2v) is 3.85. The maximum absolute atomic E-state index is 8.92. The molecule has 0 amide bonds. The lowest BCUT2D eigenvalue weighted by Gasteiger charge is -2.32. The van der Waals surface area contributed by atoms with E-state index in [4.69, 9.17) is 14.7 Å². The zero-order valence-electron chi connectivity index (χ0n) is 8.32. The van der Waals surface area contributed by atoms with Crippen LogP contribution >= 0.6 is 0 Å². The van der Waals surface area contributed by atoms with E-state index in [0.717, 1.165) is 39.1 Å². The molecule has 0 bridgehead atoms. The van der Waals surface area contributed by atoms with Crippen molar-refractivity contribution in [3.8, 4) is 6.07 Å². The molecular weight excluding hydrogens is 180 g/mol. The minimum absolute atomic E-state index is 0.0760. The van der Waals surface area contributed by atoms with Crippen molar-refractivity contribution in [3.05, 3.63) is 0 Å². The van der Waals surface area contributed by atoms with Crippen molar-refractivity contribution in [2.75, 3.05) is 32.9 Å². The van der Waals surface area contributed by atoms with Crippen LogP contribution < -0.4 is 0 Å². The van der Waals surface area contributed by atoms with Crippen LogP contribution in [0.1, 0.15) is 12.8 Å². The highest BCUT2D eigenvalue weighted by atomic mass is 16.5. The van der Waals surface area contributed by atoms with Gasteiger partial charge in [0.05, 0.1) is 25.4 Å². The van der Waals surface area contributed by atoms with E-state index < -0.39 is 0 Å². The van der Waals surface area contributed by atoms with Crippen molar-refractivity contribution in [3.63, 3.8) is 0 Å². The van der Waals surface area contributed by atoms with E-state index >= 15 is 0 Å². The summed E-state index contributed by atoms with van der Waals surface area (Å²) in [6, 6.07) is 2.20. The molecule has 0 aromatic carbocycles. The number of rotatable bonds is 2. The van der Waals surface area contributed by atoms with Gasteiger partial charge in [-0.2, -0.15) is 5.26 Å². The third-order valence-corrected chi connectivity index (χ3v) is 2.85. The fourth-order valence-corrected chi connectivity index (χ4v) is 2.03. The molecule has 2 aliphatic heterocycles. The van der Waals surface area contributed by atoms with Gasteiger partial charge in [-0.25, -0.2) is 0 Å². The predicted molar refractivity (Wildman–Crippen MR) is 50.8 cm³/mol. The van der Waals surface area contributed by atoms with Crippen LogP contribution in [0, 0.1) is 11.3 Å². The van der Waals surface area contributed by atoms with Crippen LogP contribution in [-0.2, 0) is 9.47 Å². The zero-order valence-corrected chi connectivity index (χ0v) is 8.32. The lowest BCUT2D eigenvalue weighted by atomic mass is 10.2. The summed E-state index contributed by atoms with van der Waals surface area (Å²) >= 11 is 0. The molecule has 0 spiro atoms. The van der Waals surface area contributed by atoms with E-state index in [1.165, 1.54) is 0 Å². The lowest BCUT2D eigenvalue weighted by Crippen LogP contribution is -2.47. The SMILES string of the molecule is N#CC1COCCN1CC1CCCO1. The van der Waals surface area contributed by atoms with Crippen LogP contribution in [0.4, 0.5) is 0 Å². The summed E-state index contributed by atoms with van der Waals surface area (Å²) in [7, 11) is 0. The molecule has 0 N–H and O–H groups in total. The first kappa shape index (κ1) is 9.91. The number of ether oxygens (including phenoxy) is 2. The van der Waals surface area contributed by atoms with Crippen LogP contribution in [0.15, 0.2) is 0 Å². The van der Waals surface area contributed by atoms with E-state index in [1.807, 2.05) is 0 Å². The maximum atomic E-state index is 8.92. The summed E-state index contributed by atoms with van der Waals surface area (Å²) in [6.07, 6.45) is 2.63. The molecule has 2 heterocycles. The van der Waals surface area contributed by atoms with Gasteiger partial charge in [-0.1, -0.05) is 0 Å². The van der Waals surface area contributed by atoms with Crippen molar-refractivity contribution < 1.29 is 9.47 Å². The predicted octanol–water partition coefficient (Wildman–Crippen LogP) is 0.390. The molecular formula is C10H16N2O2. The Balaban J connectivity index is 1.84. The lowest BCUT2D eigenvalue weighted by molar-refractivity contribution is -0.0134. The molecule has 0 aromatic heterocycles. The topological polar surface area (TPSA) is 45.5 Å². The van der Waals surface area contributed by atoms with Crippen molar-refractivity contribution in [1.82, 2.24) is 4.90 Å². The molecule has 2 atom stereocenters. The minimum atomic E-state index is -0.0760. The Morgan fingerprint density at radius 2 is 2.36 bits per heavy atom. The fraction of sp³-hybridized carbons (Fsp3) is 0.900. The Labute approximate surface area is 84.4 Å². The van der Waals surface area contributed by atoms with Gasteiger partial charge in [0.15, 0.2) is 0 Å². The van der Waals surface area contributed by atoms with Gasteiger partial charge >= 0.3 is 0 Å². The van der Waals surface area contributed by atoms with Crippen molar-refractivity contribution >= 4 is 0 Å². The largest absolute Gasteiger partial charge is 0.377 e. The summed E-state index contributed by atoms with van der Waals surface area (Å²) in [4.78, 5) is 2.18. The molecule has 78 valence electrons. The average Bonchev–Trinajstić information content (AvgIpc) is 2.71. The van der Waals surface area contributed by atoms with Crippen molar-refractivity contribution in [2.24, 2.45) is 0 Å². The van der Waals surface area contributed by atoms with Crippen molar-refractivity contribution in [2.45, 2.75) is 25.0 Å². The van der Waals surface area contributed by atoms with Gasteiger partial charge in [0.25, 0.3) is 0 Å². The molecule has 4 heteroatoms. The zero-order chi connectivity index (χ0) is 9.80. The Hall–Kier alpha value is -0.630. The highest BCUT2D eigenvalue weighted by molar-refractivity contribution is 4.94. The number of morpholine rings is 1. The molecule has 0 radical (unpaired) electrons. The summed E-state index contributed by atoms with van der Waals surface area (Å²) in [5, 5.41) is 8.92. The Bertz CT molecular complexity index is 221. The van der Waals surface area contributed by atoms with Crippen LogP contribution in [0.2, 0.25) is 0 Å². The molecule has 2 saturated heterocycles. The summed E-state index contributed by atoms with van der Waals surface area (Å²) in [6.45, 7) is 3.92. The Morgan fingerprint density at radius 3 is 3.07 bits per heavy atom. The minimum Gasteiger partial charge on any atom is -0.377 e. The van der Waals surface area contributed by atoms with Gasteiger partial charge in [0, 0.05) is 19.7 Å². The van der Waals surface area contributed by atoms with Gasteiger partial charge in [0.2, 0.25) is 0 Å². The summed E-state index contributed by atoms with van der Waals surface area (Å²) in [5.41, 5.74) is 0. The van der Waals surface area contributed by atoms with Gasteiger partial charge in [-0.15, -0.1) is 0 Å². The quantitative estimate of drug-likeness (QED) is 0.641. The van der Waals surface area contributed by atoms with E-state index in [-0.39, 0.29) is 6.04 Å². The van der Waals surface area contributed by atoms with E-state index in [9.17, 15) is 0 Å². The molecule has 2 aliphatic rings. The first-order valence-electron chi connectivity index (χ1n) is 5.23. The molecule has 2 fully saturated rings. The second-order valence-electron chi connectivity index (χ2n) is 3.85. The molecule has 2 unspecified atom stereocenters. The third kappa shape index (κ3) is 2.24. The first-order chi connectivity index (χ1) is 6.90. The second kappa shape index (κ2) is 4.74. The Kier molecular flexibility index (Phi) is 3.35. The summed E-state index contributed by atoms with van der Waals surface area (Å²) in [5.74, 6) is 0. The van der Waals surface area contributed by atoms with Crippen LogP contribution in [-0.4, -0.2) is 50.0 Å². The van der Waals surface area contributed by atoms with Crippen LogP contribution in [0.25, 0.3) is 0 Å². The normalized spacial score (nSPS) is 34.2. The van der Waals surface area contributed by atoms with Gasteiger partial charge in [-0.3, -0.25) is 4.90 Å². The van der Waals surface area contributed by atoms with E-state index in [0.29, 0.717) is 12.7 Å². The smallest absolute Gasteiger partial charge is 0.122 e. The standard InChI is InChI=1S/C10H16N2O2/c11-6-9-8-13-5-3-12(9)7-10-2-1-4-14-10/h9-10H,1-5,7-8H2. The van der Waals surface area contributed by atoms with Gasteiger partial charge < -0.3 is 9.47 Å². The number of hydrogen-bond donors (Lipinski definition) is 0. The highest BCUT2D eigenvalue weighted by Crippen LogP contribution is 2.16. The van der Waals surface area contributed by atoms with E-state index in [2.05, 4.69) is 11.0 Å². The number of nitrogens with zero attached hydrogens (tertiary/aromatic N) is 2. The molecule has 2 rings (SSSR count). The monoisotopic (exact) mass is 196 g/mol. The van der Waals surface area contributed by atoms with Crippen LogP contribution in [0.3, 0.4) is 0 Å². The highest BCUT2D eigenvalue weighted by Gasteiger charge is 2.26. The molecule has 0 saturated carbocycles. The first-order valence-corrected chi connectivity index (χ1v) is 5.23. The molecule has 4 nitrogen and oxygen atoms in total. The fourth-order valence-electron chi connectivity index (χ4n) is 2.03. The summed E-state index contributed by atoms with van der Waals surface area (Å²) < 4.78 is 10.8. The molecule has 14 heavy (non-hydrogen) atoms. The maximum Gasteiger partial charge on any atom is 0.122 e. The van der Waals surface area contributed by atoms with Gasteiger partial charge in [-0.05, 0) is 12.8 Å².